The molecule has 0 unspecified atom stereocenters. The van der Waals surface area contributed by atoms with Gasteiger partial charge in [0.05, 0.1) is 16.1 Å². The molecule has 1 fully saturated rings. The van der Waals surface area contributed by atoms with Crippen LogP contribution in [0.5, 0.6) is 0 Å². The Hall–Kier alpha value is -4.42. The van der Waals surface area contributed by atoms with Crippen LogP contribution in [-0.2, 0) is 15.3 Å². The number of aromatic carboxylic acids is 1. The molecule has 0 radical (unpaired) electrons. The highest BCUT2D eigenvalue weighted by molar-refractivity contribution is 7.98. The first-order chi connectivity index (χ1) is 19.9. The maximum atomic E-state index is 12.9. The minimum Gasteiger partial charge on any atom is -0.478 e. The number of piperazine rings is 1. The van der Waals surface area contributed by atoms with E-state index in [-0.39, 0.29) is 28.8 Å². The Balaban J connectivity index is 1.53. The van der Waals surface area contributed by atoms with Gasteiger partial charge in [-0.05, 0) is 58.2 Å². The van der Waals surface area contributed by atoms with Crippen molar-refractivity contribution in [2.75, 3.05) is 38.5 Å². The van der Waals surface area contributed by atoms with Crippen LogP contribution in [0, 0.1) is 10.1 Å². The molecule has 0 atom stereocenters. The van der Waals surface area contributed by atoms with Gasteiger partial charge >= 0.3 is 5.97 Å². The van der Waals surface area contributed by atoms with Crippen LogP contribution in [0.3, 0.4) is 0 Å². The van der Waals surface area contributed by atoms with Gasteiger partial charge in [0.1, 0.15) is 0 Å². The summed E-state index contributed by atoms with van der Waals surface area (Å²) in [7, 11) is 2.03. The van der Waals surface area contributed by atoms with E-state index in [0.29, 0.717) is 46.9 Å². The molecule has 0 aromatic heterocycles. The van der Waals surface area contributed by atoms with Gasteiger partial charge in [0, 0.05) is 77.2 Å². The Morgan fingerprint density at radius 3 is 2.48 bits per heavy atom. The molecule has 11 nitrogen and oxygen atoms in total. The number of benzene rings is 2. The number of carboxylic acids is 1. The van der Waals surface area contributed by atoms with E-state index < -0.39 is 10.9 Å². The maximum Gasteiger partial charge on any atom is 0.335 e. The summed E-state index contributed by atoms with van der Waals surface area (Å²) in [6.07, 6.45) is 3.34. The Labute approximate surface area is 248 Å². The molecular weight excluding hydrogens is 558 g/mol. The lowest BCUT2D eigenvalue weighted by Gasteiger charge is -2.31. The fourth-order valence-corrected chi connectivity index (χ4v) is 5.48. The summed E-state index contributed by atoms with van der Waals surface area (Å²) in [6.45, 7) is 8.66. The molecule has 2 aliphatic rings. The molecule has 220 valence electrons. The molecular formula is C30H33N5O6S. The lowest BCUT2D eigenvalue weighted by Crippen LogP contribution is -2.46. The average Bonchev–Trinajstić information content (AvgIpc) is 3.25. The molecule has 2 aromatic rings. The van der Waals surface area contributed by atoms with E-state index in [2.05, 4.69) is 15.5 Å². The highest BCUT2D eigenvalue weighted by Crippen LogP contribution is 2.37. The van der Waals surface area contributed by atoms with E-state index in [9.17, 15) is 29.6 Å². The highest BCUT2D eigenvalue weighted by Gasteiger charge is 2.26. The third kappa shape index (κ3) is 7.25. The summed E-state index contributed by atoms with van der Waals surface area (Å²) in [6, 6.07) is 9.32. The number of nitrogens with zero attached hydrogens (tertiary/aromatic N) is 3. The number of carbonyl (C=O) groups is 3. The zero-order valence-corrected chi connectivity index (χ0v) is 24.7. The number of thioether (sulfide) groups is 1. The van der Waals surface area contributed by atoms with Crippen molar-refractivity contribution in [3.05, 3.63) is 92.3 Å². The largest absolute Gasteiger partial charge is 0.478 e. The zero-order valence-electron chi connectivity index (χ0n) is 23.9. The Morgan fingerprint density at radius 1 is 1.12 bits per heavy atom. The number of allylic oxidation sites excluding steroid dienone is 3. The number of hydrogen-bond donors (Lipinski definition) is 3. The maximum absolute atomic E-state index is 12.9. The standard InChI is InChI=1S/C30H33N5O6S/c1-18(2)26(31-19(3)13-28(36)34-11-9-33(4)10-12-34)16-24-23-15-22(7-8-25(23)32-29(24)37)42-17-21-6-5-20(30(38)39)14-27(21)35(40)41/h5-8,13-16,31H,9-12,17H2,1-4H3,(H,32,37)(H,38,39)/b19-13+,24-16-. The van der Waals surface area contributed by atoms with E-state index >= 15 is 0 Å². The SMILES string of the molecule is CC(C)=C(/C=C1\C(=O)Nc2ccc(SCc3ccc(C(=O)O)cc3[N+](=O)[O-])cc21)N/C(C)=C/C(=O)N1CCN(C)CC1. The molecule has 2 heterocycles. The summed E-state index contributed by atoms with van der Waals surface area (Å²) < 4.78 is 0. The summed E-state index contributed by atoms with van der Waals surface area (Å²) in [5, 5.41) is 26.9. The predicted octanol–water partition coefficient (Wildman–Crippen LogP) is 4.48. The topological polar surface area (TPSA) is 145 Å². The quantitative estimate of drug-likeness (QED) is 0.166. The Bertz CT molecular complexity index is 1530. The van der Waals surface area contributed by atoms with Gasteiger partial charge in [0.2, 0.25) is 5.91 Å². The number of nitro groups is 1. The van der Waals surface area contributed by atoms with Gasteiger partial charge in [-0.3, -0.25) is 19.7 Å². The van der Waals surface area contributed by atoms with Crippen molar-refractivity contribution in [3.8, 4) is 0 Å². The summed E-state index contributed by atoms with van der Waals surface area (Å²) in [5.74, 6) is -1.31. The Kier molecular flexibility index (Phi) is 9.48. The number of fused-ring (bicyclic) bond motifs is 1. The number of rotatable bonds is 9. The van der Waals surface area contributed by atoms with Crippen LogP contribution < -0.4 is 10.6 Å². The lowest BCUT2D eigenvalue weighted by atomic mass is 10.0. The van der Waals surface area contributed by atoms with Crippen LogP contribution in [0.1, 0.15) is 42.3 Å². The first-order valence-electron chi connectivity index (χ1n) is 13.3. The van der Waals surface area contributed by atoms with Crippen molar-refractivity contribution < 1.29 is 24.4 Å². The van der Waals surface area contributed by atoms with E-state index in [1.807, 2.05) is 44.9 Å². The summed E-state index contributed by atoms with van der Waals surface area (Å²) in [4.78, 5) is 52.7. The van der Waals surface area contributed by atoms with E-state index in [4.69, 9.17) is 0 Å². The second-order valence-electron chi connectivity index (χ2n) is 10.4. The predicted molar refractivity (Wildman–Crippen MR) is 162 cm³/mol. The van der Waals surface area contributed by atoms with Crippen molar-refractivity contribution in [1.29, 1.82) is 0 Å². The minimum atomic E-state index is -1.23. The molecule has 0 aliphatic carbocycles. The van der Waals surface area contributed by atoms with Gasteiger partial charge in [-0.25, -0.2) is 4.79 Å². The minimum absolute atomic E-state index is 0.0580. The number of carboxylic acid groups (broad SMARTS) is 1. The molecule has 0 spiro atoms. The highest BCUT2D eigenvalue weighted by atomic mass is 32.2. The third-order valence-electron chi connectivity index (χ3n) is 7.01. The molecule has 2 amide bonds. The molecule has 3 N–H and O–H groups in total. The average molecular weight is 592 g/mol. The van der Waals surface area contributed by atoms with Crippen molar-refractivity contribution in [3.63, 3.8) is 0 Å². The molecule has 4 rings (SSSR count). The van der Waals surface area contributed by atoms with Crippen LogP contribution in [0.4, 0.5) is 11.4 Å². The van der Waals surface area contributed by atoms with Gasteiger partial charge in [-0.1, -0.05) is 11.6 Å². The first kappa shape index (κ1) is 30.5. The molecule has 2 aromatic carbocycles. The van der Waals surface area contributed by atoms with Crippen molar-refractivity contribution in [2.45, 2.75) is 31.4 Å². The van der Waals surface area contributed by atoms with Gasteiger partial charge < -0.3 is 25.5 Å². The van der Waals surface area contributed by atoms with Crippen LogP contribution in [0.25, 0.3) is 5.57 Å². The number of carbonyl (C=O) groups excluding carboxylic acids is 2. The molecule has 1 saturated heterocycles. The first-order valence-corrected chi connectivity index (χ1v) is 14.3. The zero-order chi connectivity index (χ0) is 30.6. The number of nitro benzene ring substituents is 1. The van der Waals surface area contributed by atoms with Crippen molar-refractivity contribution >= 4 is 46.5 Å². The van der Waals surface area contributed by atoms with E-state index in [1.54, 1.807) is 18.2 Å². The fraction of sp³-hybridized carbons (Fsp3) is 0.300. The van der Waals surface area contributed by atoms with E-state index in [0.717, 1.165) is 29.6 Å². The van der Waals surface area contributed by atoms with Crippen LogP contribution in [-0.4, -0.2) is 70.8 Å². The van der Waals surface area contributed by atoms with Crippen molar-refractivity contribution in [1.82, 2.24) is 15.1 Å². The van der Waals surface area contributed by atoms with E-state index in [1.165, 1.54) is 23.9 Å². The molecule has 0 saturated carbocycles. The monoisotopic (exact) mass is 591 g/mol. The second-order valence-corrected chi connectivity index (χ2v) is 11.5. The molecule has 12 heteroatoms. The molecule has 0 bridgehead atoms. The van der Waals surface area contributed by atoms with Crippen LogP contribution in [0.15, 0.2) is 70.4 Å². The summed E-state index contributed by atoms with van der Waals surface area (Å²) in [5.41, 5.74) is 4.06. The number of likely N-dealkylation sites (N-methyl/N-ethyl adjacent to an activating group) is 1. The Morgan fingerprint density at radius 2 is 1.83 bits per heavy atom. The normalized spacial score (nSPS) is 16.2. The molecule has 42 heavy (non-hydrogen) atoms. The van der Waals surface area contributed by atoms with Gasteiger partial charge in [-0.2, -0.15) is 0 Å². The lowest BCUT2D eigenvalue weighted by molar-refractivity contribution is -0.385. The summed E-state index contributed by atoms with van der Waals surface area (Å²) >= 11 is 1.34. The number of amides is 2. The number of anilines is 1. The smallest absolute Gasteiger partial charge is 0.335 e. The third-order valence-corrected chi connectivity index (χ3v) is 8.05. The van der Waals surface area contributed by atoms with Crippen LogP contribution in [0.2, 0.25) is 0 Å². The molecule has 2 aliphatic heterocycles. The van der Waals surface area contributed by atoms with Crippen LogP contribution >= 0.6 is 11.8 Å². The van der Waals surface area contributed by atoms with Crippen molar-refractivity contribution in [2.24, 2.45) is 0 Å². The van der Waals surface area contributed by atoms with Gasteiger partial charge in [0.15, 0.2) is 0 Å². The van der Waals surface area contributed by atoms with Gasteiger partial charge in [0.25, 0.3) is 11.6 Å². The fourth-order valence-electron chi connectivity index (χ4n) is 4.55. The second kappa shape index (κ2) is 13.0. The number of nitrogens with one attached hydrogen (secondary N) is 2. The number of hydrogen-bond acceptors (Lipinski definition) is 8. The van der Waals surface area contributed by atoms with Gasteiger partial charge in [-0.15, -0.1) is 11.8 Å².